The monoisotopic (exact) mass is 210 g/mol. The lowest BCUT2D eigenvalue weighted by atomic mass is 10.5. The minimum absolute atomic E-state index is 0. The number of hydrogen-bond acceptors (Lipinski definition) is 3. The maximum absolute atomic E-state index is 10.1. The fourth-order valence-corrected chi connectivity index (χ4v) is 1.67. The molecule has 1 atom stereocenters. The van der Waals surface area contributed by atoms with Crippen molar-refractivity contribution in [1.29, 1.82) is 0 Å². The smallest absolute Gasteiger partial charge is 0.345 e. The highest BCUT2D eigenvalue weighted by Gasteiger charge is 2.20. The van der Waals surface area contributed by atoms with Crippen LogP contribution >= 0.6 is 11.8 Å². The Kier molecular flexibility index (Phi) is 5.08. The second kappa shape index (κ2) is 5.27. The normalized spacial score (nSPS) is 21.1. The van der Waals surface area contributed by atoms with Gasteiger partial charge in [0, 0.05) is 0 Å². The number of carbonyl (C=O) groups is 1. The Morgan fingerprint density at radius 1 is 1.92 bits per heavy atom. The van der Waals surface area contributed by atoms with Gasteiger partial charge in [0.25, 0.3) is 0 Å². The summed E-state index contributed by atoms with van der Waals surface area (Å²) in [5.74, 6) is -0.834. The first-order valence-electron chi connectivity index (χ1n) is 3.41. The molecule has 1 rings (SSSR count). The van der Waals surface area contributed by atoms with Crippen LogP contribution in [0.3, 0.4) is 0 Å². The predicted molar refractivity (Wildman–Crippen MR) is 43.5 cm³/mol. The van der Waals surface area contributed by atoms with E-state index in [1.54, 1.807) is 11.8 Å². The van der Waals surface area contributed by atoms with E-state index in [4.69, 9.17) is 5.11 Å². The number of halogens is 1. The standard InChI is InChI=1S/C6H10N2O2S.ClH/c1-4-2-7-6(11-4)8-3-5(9)10;/h4H,2-3H2,1H3,(H,7,8)(H,9,10);1H. The van der Waals surface area contributed by atoms with E-state index < -0.39 is 5.97 Å². The lowest BCUT2D eigenvalue weighted by molar-refractivity contribution is -0.450. The van der Waals surface area contributed by atoms with E-state index in [0.717, 1.165) is 11.7 Å². The van der Waals surface area contributed by atoms with Crippen molar-refractivity contribution in [3.05, 3.63) is 0 Å². The van der Waals surface area contributed by atoms with Crippen LogP contribution in [0, 0.1) is 0 Å². The molecule has 6 heteroatoms. The number of thioether (sulfide) groups is 1. The minimum Gasteiger partial charge on any atom is -1.00 e. The van der Waals surface area contributed by atoms with Crippen LogP contribution in [0.25, 0.3) is 0 Å². The average Bonchev–Trinajstić information content (AvgIpc) is 2.31. The molecule has 1 heterocycles. The van der Waals surface area contributed by atoms with Crippen molar-refractivity contribution in [3.8, 4) is 0 Å². The van der Waals surface area contributed by atoms with E-state index in [2.05, 4.69) is 17.2 Å². The molecule has 0 amide bonds. The predicted octanol–water partition coefficient (Wildman–Crippen LogP) is -4.76. The molecule has 70 valence electrons. The van der Waals surface area contributed by atoms with Crippen molar-refractivity contribution >= 4 is 22.9 Å². The van der Waals surface area contributed by atoms with Crippen LogP contribution in [0.2, 0.25) is 0 Å². The quantitative estimate of drug-likeness (QED) is 0.429. The van der Waals surface area contributed by atoms with E-state index in [9.17, 15) is 4.79 Å². The van der Waals surface area contributed by atoms with E-state index in [1.165, 1.54) is 0 Å². The van der Waals surface area contributed by atoms with Gasteiger partial charge in [0.1, 0.15) is 0 Å². The number of carboxylic acid groups (broad SMARTS) is 1. The molecule has 0 aromatic carbocycles. The van der Waals surface area contributed by atoms with Gasteiger partial charge in [-0.2, -0.15) is 0 Å². The summed E-state index contributed by atoms with van der Waals surface area (Å²) in [6.07, 6.45) is 0. The average molecular weight is 211 g/mol. The molecule has 0 bridgehead atoms. The number of rotatable bonds is 2. The number of aliphatic carboxylic acids is 1. The van der Waals surface area contributed by atoms with E-state index in [-0.39, 0.29) is 19.0 Å². The van der Waals surface area contributed by atoms with Crippen LogP contribution in [0.4, 0.5) is 0 Å². The molecule has 1 aliphatic rings. The highest BCUT2D eigenvalue weighted by Crippen LogP contribution is 2.08. The molecule has 0 aliphatic carbocycles. The Morgan fingerprint density at radius 2 is 2.58 bits per heavy atom. The molecule has 0 aromatic rings. The van der Waals surface area contributed by atoms with Crippen molar-refractivity contribution < 1.29 is 27.3 Å². The number of amidine groups is 1. The third kappa shape index (κ3) is 3.82. The maximum atomic E-state index is 10.1. The fourth-order valence-electron chi connectivity index (χ4n) is 0.781. The van der Waals surface area contributed by atoms with Gasteiger partial charge in [-0.15, -0.1) is 0 Å². The van der Waals surface area contributed by atoms with Crippen molar-refractivity contribution in [2.45, 2.75) is 12.2 Å². The van der Waals surface area contributed by atoms with Crippen molar-refractivity contribution in [2.75, 3.05) is 13.1 Å². The van der Waals surface area contributed by atoms with Gasteiger partial charge in [0.05, 0.1) is 11.8 Å². The summed E-state index contributed by atoms with van der Waals surface area (Å²) in [6.45, 7) is 2.99. The zero-order valence-electron chi connectivity index (χ0n) is 6.63. The minimum atomic E-state index is -0.834. The first-order chi connectivity index (χ1) is 5.18. The van der Waals surface area contributed by atoms with Crippen molar-refractivity contribution in [2.24, 2.45) is 0 Å². The van der Waals surface area contributed by atoms with Crippen molar-refractivity contribution in [3.63, 3.8) is 0 Å². The van der Waals surface area contributed by atoms with Gasteiger partial charge in [0.15, 0.2) is 6.54 Å². The van der Waals surface area contributed by atoms with Gasteiger partial charge in [0.2, 0.25) is 0 Å². The highest BCUT2D eigenvalue weighted by atomic mass is 35.5. The van der Waals surface area contributed by atoms with Gasteiger partial charge < -0.3 is 17.5 Å². The van der Waals surface area contributed by atoms with Crippen LogP contribution in [-0.2, 0) is 4.79 Å². The highest BCUT2D eigenvalue weighted by molar-refractivity contribution is 8.14. The Bertz CT molecular complexity index is 198. The fraction of sp³-hybridized carbons (Fsp3) is 0.667. The maximum Gasteiger partial charge on any atom is 0.345 e. The summed E-state index contributed by atoms with van der Waals surface area (Å²) < 4.78 is 0. The Balaban J connectivity index is 0.00000121. The number of carboxylic acids is 1. The van der Waals surface area contributed by atoms with Crippen molar-refractivity contribution in [1.82, 2.24) is 5.32 Å². The van der Waals surface area contributed by atoms with Crippen LogP contribution in [0.1, 0.15) is 6.92 Å². The molecule has 0 saturated carbocycles. The number of nitrogens with one attached hydrogen (secondary N) is 2. The van der Waals surface area contributed by atoms with E-state index in [1.807, 2.05) is 0 Å². The lowest BCUT2D eigenvalue weighted by Gasteiger charge is -1.94. The second-order valence-corrected chi connectivity index (χ2v) is 3.83. The third-order valence-electron chi connectivity index (χ3n) is 1.27. The van der Waals surface area contributed by atoms with Gasteiger partial charge in [-0.3, -0.25) is 10.3 Å². The third-order valence-corrected chi connectivity index (χ3v) is 2.36. The molecule has 3 N–H and O–H groups in total. The summed E-state index contributed by atoms with van der Waals surface area (Å²) in [7, 11) is 0. The molecule has 4 nitrogen and oxygen atoms in total. The van der Waals surface area contributed by atoms with Crippen LogP contribution < -0.4 is 22.7 Å². The zero-order valence-corrected chi connectivity index (χ0v) is 8.21. The first-order valence-corrected chi connectivity index (χ1v) is 4.29. The summed E-state index contributed by atoms with van der Waals surface area (Å²) in [6, 6.07) is 0. The molecule has 0 fully saturated rings. The molecule has 1 aliphatic heterocycles. The Labute approximate surface area is 81.2 Å². The van der Waals surface area contributed by atoms with E-state index in [0.29, 0.717) is 5.25 Å². The zero-order chi connectivity index (χ0) is 8.27. The van der Waals surface area contributed by atoms with Crippen LogP contribution in [0.15, 0.2) is 0 Å². The van der Waals surface area contributed by atoms with Gasteiger partial charge in [-0.25, -0.2) is 4.79 Å². The molecule has 0 aromatic heterocycles. The van der Waals surface area contributed by atoms with Gasteiger partial charge in [-0.05, 0) is 18.7 Å². The second-order valence-electron chi connectivity index (χ2n) is 2.39. The number of hydrogen-bond donors (Lipinski definition) is 3. The molecule has 12 heavy (non-hydrogen) atoms. The summed E-state index contributed by atoms with van der Waals surface area (Å²) in [5, 5.41) is 12.5. The molecule has 0 saturated heterocycles. The van der Waals surface area contributed by atoms with Crippen LogP contribution in [0.5, 0.6) is 0 Å². The van der Waals surface area contributed by atoms with E-state index >= 15 is 0 Å². The topological polar surface area (TPSA) is 63.3 Å². The molecule has 0 radical (unpaired) electrons. The summed E-state index contributed by atoms with van der Waals surface area (Å²) >= 11 is 1.64. The molecule has 1 unspecified atom stereocenters. The molecule has 0 spiro atoms. The van der Waals surface area contributed by atoms with Gasteiger partial charge >= 0.3 is 11.1 Å². The van der Waals surface area contributed by atoms with Crippen LogP contribution in [-0.4, -0.2) is 34.6 Å². The SMILES string of the molecule is CC1C[NH+]=C(NCC(=O)O)S1.[Cl-]. The molecular weight excluding hydrogens is 200 g/mol. The first kappa shape index (κ1) is 11.6. The summed E-state index contributed by atoms with van der Waals surface area (Å²) in [5.41, 5.74) is 0. The Hall–Kier alpha value is -0.420. The molecular formula is C6H11ClN2O2S. The van der Waals surface area contributed by atoms with Gasteiger partial charge in [-0.1, -0.05) is 0 Å². The summed E-state index contributed by atoms with van der Waals surface area (Å²) in [4.78, 5) is 13.2. The lowest BCUT2D eigenvalue weighted by Crippen LogP contribution is -3.00. The largest absolute Gasteiger partial charge is 1.00 e. The Morgan fingerprint density at radius 3 is 3.00 bits per heavy atom.